The van der Waals surface area contributed by atoms with Crippen molar-refractivity contribution in [3.8, 4) is 6.07 Å². The molecule has 0 N–H and O–H groups in total. The molecule has 5 nitrogen and oxygen atoms in total. The fourth-order valence-corrected chi connectivity index (χ4v) is 2.40. The number of hydrogen-bond acceptors (Lipinski definition) is 5. The van der Waals surface area contributed by atoms with E-state index in [-0.39, 0.29) is 11.7 Å². The minimum Gasteiger partial charge on any atom is -0.382 e. The van der Waals surface area contributed by atoms with Crippen molar-refractivity contribution in [2.45, 2.75) is 25.6 Å². The highest BCUT2D eigenvalue weighted by atomic mass is 16.5. The topological polar surface area (TPSA) is 58.4 Å². The molecule has 1 fully saturated rings. The number of nitrogens with zero attached hydrogens (tertiary/aromatic N) is 3. The predicted octanol–water partition coefficient (Wildman–Crippen LogP) is 1.58. The van der Waals surface area contributed by atoms with Crippen LogP contribution in [0.3, 0.4) is 0 Å². The van der Waals surface area contributed by atoms with Gasteiger partial charge in [0.25, 0.3) is 0 Å². The fraction of sp³-hybridized carbons (Fsp3) is 0.571. The Labute approximate surface area is 113 Å². The van der Waals surface area contributed by atoms with E-state index in [4.69, 9.17) is 14.7 Å². The monoisotopic (exact) mass is 261 g/mol. The van der Waals surface area contributed by atoms with Crippen molar-refractivity contribution in [1.29, 1.82) is 5.26 Å². The van der Waals surface area contributed by atoms with E-state index in [0.717, 1.165) is 18.9 Å². The number of anilines is 1. The summed E-state index contributed by atoms with van der Waals surface area (Å²) in [6.45, 7) is 6.12. The normalized spacial score (nSPS) is 22.0. The summed E-state index contributed by atoms with van der Waals surface area (Å²) in [5.41, 5.74) is 0.177. The van der Waals surface area contributed by atoms with Crippen LogP contribution in [0.2, 0.25) is 0 Å². The van der Waals surface area contributed by atoms with Crippen LogP contribution in [0.25, 0.3) is 0 Å². The van der Waals surface area contributed by atoms with Crippen molar-refractivity contribution in [3.05, 3.63) is 23.9 Å². The number of pyridine rings is 1. The molecule has 1 atom stereocenters. The van der Waals surface area contributed by atoms with Crippen molar-refractivity contribution in [2.24, 2.45) is 0 Å². The first kappa shape index (κ1) is 13.8. The van der Waals surface area contributed by atoms with E-state index in [9.17, 15) is 0 Å². The fourth-order valence-electron chi connectivity index (χ4n) is 2.40. The Balaban J connectivity index is 2.20. The highest BCUT2D eigenvalue weighted by Crippen LogP contribution is 2.25. The van der Waals surface area contributed by atoms with Crippen molar-refractivity contribution < 1.29 is 9.47 Å². The van der Waals surface area contributed by atoms with Gasteiger partial charge in [0.1, 0.15) is 17.6 Å². The summed E-state index contributed by atoms with van der Waals surface area (Å²) < 4.78 is 11.1. The molecule has 1 aliphatic rings. The van der Waals surface area contributed by atoms with Crippen LogP contribution in [0, 0.1) is 11.3 Å². The molecule has 0 spiro atoms. The number of morpholine rings is 1. The van der Waals surface area contributed by atoms with E-state index in [1.807, 2.05) is 12.1 Å². The van der Waals surface area contributed by atoms with Gasteiger partial charge in [-0.1, -0.05) is 6.07 Å². The van der Waals surface area contributed by atoms with E-state index in [0.29, 0.717) is 12.3 Å². The Morgan fingerprint density at radius 3 is 3.05 bits per heavy atom. The Morgan fingerprint density at radius 2 is 2.37 bits per heavy atom. The SMILES string of the molecule is COC[C@H]1CN(c2cccc(C#N)n2)CC(C)(C)O1. The number of ether oxygens (including phenoxy) is 2. The third-order valence-electron chi connectivity index (χ3n) is 3.01. The van der Waals surface area contributed by atoms with Gasteiger partial charge in [-0.3, -0.25) is 0 Å². The lowest BCUT2D eigenvalue weighted by Crippen LogP contribution is -2.54. The molecule has 2 heterocycles. The van der Waals surface area contributed by atoms with Crippen LogP contribution in [-0.2, 0) is 9.47 Å². The quantitative estimate of drug-likeness (QED) is 0.827. The van der Waals surface area contributed by atoms with Gasteiger partial charge in [0.15, 0.2) is 0 Å². The molecule has 2 rings (SSSR count). The summed E-state index contributed by atoms with van der Waals surface area (Å²) >= 11 is 0. The predicted molar refractivity (Wildman–Crippen MR) is 72.0 cm³/mol. The highest BCUT2D eigenvalue weighted by Gasteiger charge is 2.33. The molecule has 1 aromatic rings. The average molecular weight is 261 g/mol. The molecule has 1 aliphatic heterocycles. The summed E-state index contributed by atoms with van der Waals surface area (Å²) in [6.07, 6.45) is 0.0151. The highest BCUT2D eigenvalue weighted by molar-refractivity contribution is 5.42. The molecule has 0 radical (unpaired) electrons. The van der Waals surface area contributed by atoms with Gasteiger partial charge in [0, 0.05) is 20.2 Å². The number of aromatic nitrogens is 1. The van der Waals surface area contributed by atoms with Gasteiger partial charge in [-0.2, -0.15) is 5.26 Å². The Morgan fingerprint density at radius 1 is 1.58 bits per heavy atom. The average Bonchev–Trinajstić information content (AvgIpc) is 2.37. The van der Waals surface area contributed by atoms with Crippen LogP contribution in [0.5, 0.6) is 0 Å². The largest absolute Gasteiger partial charge is 0.382 e. The standard InChI is InChI=1S/C14H19N3O2/c1-14(2)10-17(8-12(19-14)9-18-3)13-6-4-5-11(7-15)16-13/h4-6,12H,8-10H2,1-3H3/t12-/m1/s1. The summed E-state index contributed by atoms with van der Waals surface area (Å²) in [5, 5.41) is 8.92. The van der Waals surface area contributed by atoms with E-state index >= 15 is 0 Å². The van der Waals surface area contributed by atoms with Gasteiger partial charge in [-0.25, -0.2) is 4.98 Å². The van der Waals surface area contributed by atoms with Crippen molar-refractivity contribution >= 4 is 5.82 Å². The van der Waals surface area contributed by atoms with Crippen LogP contribution in [0.1, 0.15) is 19.5 Å². The van der Waals surface area contributed by atoms with Gasteiger partial charge < -0.3 is 14.4 Å². The van der Waals surface area contributed by atoms with Crippen LogP contribution in [0.15, 0.2) is 18.2 Å². The Hall–Kier alpha value is -1.64. The molecule has 0 unspecified atom stereocenters. The number of nitriles is 1. The zero-order valence-corrected chi connectivity index (χ0v) is 11.6. The smallest absolute Gasteiger partial charge is 0.142 e. The lowest BCUT2D eigenvalue weighted by atomic mass is 10.1. The zero-order chi connectivity index (χ0) is 13.9. The summed E-state index contributed by atoms with van der Waals surface area (Å²) in [7, 11) is 1.67. The summed E-state index contributed by atoms with van der Waals surface area (Å²) in [5.74, 6) is 0.816. The lowest BCUT2D eigenvalue weighted by Gasteiger charge is -2.43. The maximum Gasteiger partial charge on any atom is 0.142 e. The molecule has 0 aromatic carbocycles. The summed E-state index contributed by atoms with van der Waals surface area (Å²) in [6, 6.07) is 7.56. The van der Waals surface area contributed by atoms with Gasteiger partial charge in [-0.15, -0.1) is 0 Å². The van der Waals surface area contributed by atoms with Gasteiger partial charge >= 0.3 is 0 Å². The van der Waals surface area contributed by atoms with Crippen molar-refractivity contribution in [1.82, 2.24) is 4.98 Å². The number of hydrogen-bond donors (Lipinski definition) is 0. The molecule has 0 amide bonds. The van der Waals surface area contributed by atoms with Crippen molar-refractivity contribution in [3.63, 3.8) is 0 Å². The molecular formula is C14H19N3O2. The van der Waals surface area contributed by atoms with Crippen LogP contribution in [-0.4, -0.2) is 43.5 Å². The van der Waals surface area contributed by atoms with Gasteiger partial charge in [0.2, 0.25) is 0 Å². The molecular weight excluding hydrogens is 242 g/mol. The number of rotatable bonds is 3. The first-order valence-corrected chi connectivity index (χ1v) is 6.33. The second-order valence-corrected chi connectivity index (χ2v) is 5.33. The minimum absolute atomic E-state index is 0.0151. The van der Waals surface area contributed by atoms with E-state index in [1.165, 1.54) is 0 Å². The molecule has 102 valence electrons. The molecule has 5 heteroatoms. The van der Waals surface area contributed by atoms with Crippen LogP contribution < -0.4 is 4.90 Å². The van der Waals surface area contributed by atoms with Crippen LogP contribution >= 0.6 is 0 Å². The number of methoxy groups -OCH3 is 1. The molecule has 1 aromatic heterocycles. The van der Waals surface area contributed by atoms with E-state index in [1.54, 1.807) is 13.2 Å². The molecule has 1 saturated heterocycles. The minimum atomic E-state index is -0.258. The van der Waals surface area contributed by atoms with Crippen molar-refractivity contribution in [2.75, 3.05) is 31.7 Å². The Kier molecular flexibility index (Phi) is 4.03. The zero-order valence-electron chi connectivity index (χ0n) is 11.6. The molecule has 0 bridgehead atoms. The van der Waals surface area contributed by atoms with Gasteiger partial charge in [-0.05, 0) is 26.0 Å². The molecule has 0 saturated carbocycles. The van der Waals surface area contributed by atoms with E-state index < -0.39 is 0 Å². The summed E-state index contributed by atoms with van der Waals surface area (Å²) in [4.78, 5) is 6.49. The van der Waals surface area contributed by atoms with Crippen LogP contribution in [0.4, 0.5) is 5.82 Å². The first-order valence-electron chi connectivity index (χ1n) is 6.33. The lowest BCUT2D eigenvalue weighted by molar-refractivity contribution is -0.106. The first-order chi connectivity index (χ1) is 9.04. The third kappa shape index (κ3) is 3.43. The maximum absolute atomic E-state index is 8.92. The second-order valence-electron chi connectivity index (χ2n) is 5.33. The molecule has 0 aliphatic carbocycles. The molecule has 19 heavy (non-hydrogen) atoms. The second kappa shape index (κ2) is 5.55. The Bertz CT molecular complexity index is 482. The van der Waals surface area contributed by atoms with E-state index in [2.05, 4.69) is 29.8 Å². The third-order valence-corrected chi connectivity index (χ3v) is 3.01. The maximum atomic E-state index is 8.92. The van der Waals surface area contributed by atoms with Gasteiger partial charge in [0.05, 0.1) is 18.3 Å².